The molecule has 2 N–H and O–H groups in total. The third-order valence-corrected chi connectivity index (χ3v) is 1.89. The molecule has 0 aliphatic rings. The Kier molecular flexibility index (Phi) is 19.4. The highest BCUT2D eigenvalue weighted by atomic mass is 35.5. The first-order chi connectivity index (χ1) is 8.76. The molecule has 0 spiro atoms. The number of aliphatic hydroxyl groups excluding tert-OH is 2. The van der Waals surface area contributed by atoms with Crippen LogP contribution in [0.4, 0.5) is 0 Å². The number of halogens is 1. The number of rotatable bonds is 5. The van der Waals surface area contributed by atoms with Gasteiger partial charge in [-0.25, -0.2) is 0 Å². The van der Waals surface area contributed by atoms with Crippen molar-refractivity contribution in [3.63, 3.8) is 0 Å². The molecule has 0 aromatic carbocycles. The Bertz CT molecular complexity index is 243. The standard InChI is InChI=1S/2C5H14NO.C4H6O2.ClH/c2*1-6(2,3)4-5-7;1-3(2)4(5)6;/h2*7H,4-5H2,1-3H3;1H2,2H3,(H,5,6);1H/q2*+1;;/p-2. The van der Waals surface area contributed by atoms with Crippen LogP contribution in [0.1, 0.15) is 6.92 Å². The second-order valence-electron chi connectivity index (χ2n) is 6.54. The lowest BCUT2D eigenvalue weighted by molar-refractivity contribution is -0.870. The van der Waals surface area contributed by atoms with Gasteiger partial charge in [-0.2, -0.15) is 0 Å². The van der Waals surface area contributed by atoms with Crippen LogP contribution < -0.4 is 17.5 Å². The van der Waals surface area contributed by atoms with Crippen molar-refractivity contribution in [2.24, 2.45) is 0 Å². The SMILES string of the molecule is C=C(C)C(=O)[O-].C[N+](C)(C)CCO.C[N+](C)(C)CCO.[Cl-]. The van der Waals surface area contributed by atoms with E-state index in [1.165, 1.54) is 6.92 Å². The highest BCUT2D eigenvalue weighted by molar-refractivity contribution is 5.82. The molecule has 0 unspecified atom stereocenters. The van der Waals surface area contributed by atoms with E-state index in [2.05, 4.69) is 48.9 Å². The Labute approximate surface area is 135 Å². The van der Waals surface area contributed by atoms with Crippen LogP contribution in [0.15, 0.2) is 12.2 Å². The summed E-state index contributed by atoms with van der Waals surface area (Å²) in [7, 11) is 12.3. The monoisotopic (exact) mass is 328 g/mol. The number of quaternary nitrogens is 2. The summed E-state index contributed by atoms with van der Waals surface area (Å²) in [5.74, 6) is -1.19. The smallest absolute Gasteiger partial charge is 0.101 e. The third-order valence-electron chi connectivity index (χ3n) is 1.89. The van der Waals surface area contributed by atoms with Crippen molar-refractivity contribution in [1.29, 1.82) is 0 Å². The van der Waals surface area contributed by atoms with Crippen LogP contribution in [-0.2, 0) is 4.79 Å². The predicted molar refractivity (Wildman–Crippen MR) is 79.8 cm³/mol. The number of likely N-dealkylation sites (N-methyl/N-ethyl adjacent to an activating group) is 2. The quantitative estimate of drug-likeness (QED) is 0.395. The molecule has 0 saturated heterocycles. The summed E-state index contributed by atoms with van der Waals surface area (Å²) in [5, 5.41) is 26.3. The van der Waals surface area contributed by atoms with Gasteiger partial charge in [-0.05, 0) is 12.5 Å². The Morgan fingerprint density at radius 3 is 1.14 bits per heavy atom. The van der Waals surface area contributed by atoms with Gasteiger partial charge in [-0.15, -0.1) is 0 Å². The van der Waals surface area contributed by atoms with Crippen LogP contribution in [0.2, 0.25) is 0 Å². The summed E-state index contributed by atoms with van der Waals surface area (Å²) < 4.78 is 1.69. The molecule has 0 radical (unpaired) electrons. The van der Waals surface area contributed by atoms with Crippen molar-refractivity contribution in [3.05, 3.63) is 12.2 Å². The van der Waals surface area contributed by atoms with Crippen LogP contribution in [0.5, 0.6) is 0 Å². The van der Waals surface area contributed by atoms with Crippen molar-refractivity contribution in [2.75, 3.05) is 68.6 Å². The lowest BCUT2D eigenvalue weighted by Crippen LogP contribution is -3.00. The van der Waals surface area contributed by atoms with Crippen molar-refractivity contribution >= 4 is 5.97 Å². The number of hydrogen-bond acceptors (Lipinski definition) is 4. The number of aliphatic carboxylic acids is 1. The highest BCUT2D eigenvalue weighted by Gasteiger charge is 2.02. The molecule has 7 heteroatoms. The molecule has 0 amide bonds. The molecule has 0 aromatic rings. The minimum Gasteiger partial charge on any atom is -1.00 e. The minimum absolute atomic E-state index is 0. The minimum atomic E-state index is -1.19. The summed E-state index contributed by atoms with van der Waals surface area (Å²) >= 11 is 0. The number of aliphatic hydroxyl groups is 2. The first-order valence-electron chi connectivity index (χ1n) is 6.46. The Morgan fingerprint density at radius 2 is 1.14 bits per heavy atom. The summed E-state index contributed by atoms with van der Waals surface area (Å²) in [6, 6.07) is 0. The Morgan fingerprint density at radius 1 is 0.952 bits per heavy atom. The maximum absolute atomic E-state index is 9.49. The molecule has 0 aliphatic carbocycles. The topological polar surface area (TPSA) is 80.6 Å². The van der Waals surface area contributed by atoms with E-state index >= 15 is 0 Å². The molecule has 0 aromatic heterocycles. The van der Waals surface area contributed by atoms with E-state index in [9.17, 15) is 9.90 Å². The van der Waals surface area contributed by atoms with Crippen molar-refractivity contribution in [2.45, 2.75) is 6.92 Å². The van der Waals surface area contributed by atoms with Gasteiger partial charge in [0.1, 0.15) is 13.1 Å². The molecule has 0 heterocycles. The van der Waals surface area contributed by atoms with Crippen LogP contribution in [-0.4, -0.2) is 93.7 Å². The van der Waals surface area contributed by atoms with E-state index < -0.39 is 5.97 Å². The van der Waals surface area contributed by atoms with Gasteiger partial charge in [0.2, 0.25) is 0 Å². The molecule has 0 rings (SSSR count). The summed E-state index contributed by atoms with van der Waals surface area (Å²) in [4.78, 5) is 9.49. The van der Waals surface area contributed by atoms with Gasteiger partial charge in [0, 0.05) is 0 Å². The van der Waals surface area contributed by atoms with Crippen molar-refractivity contribution in [1.82, 2.24) is 0 Å². The van der Waals surface area contributed by atoms with Gasteiger partial charge >= 0.3 is 0 Å². The molecule has 0 bridgehead atoms. The average Bonchev–Trinajstić information content (AvgIpc) is 2.15. The molecule has 130 valence electrons. The molecule has 0 atom stereocenters. The second kappa shape index (κ2) is 14.3. The summed E-state index contributed by atoms with van der Waals surface area (Å²) in [6.07, 6.45) is 0. The Hall–Kier alpha value is -0.660. The number of hydrogen-bond donors (Lipinski definition) is 2. The molecular weight excluding hydrogens is 296 g/mol. The normalized spacial score (nSPS) is 10.1. The van der Waals surface area contributed by atoms with Gasteiger partial charge in [0.25, 0.3) is 0 Å². The van der Waals surface area contributed by atoms with Gasteiger partial charge in [0.15, 0.2) is 0 Å². The Balaban J connectivity index is -0.000000101. The third kappa shape index (κ3) is 45.2. The fraction of sp³-hybridized carbons (Fsp3) is 0.786. The van der Waals surface area contributed by atoms with Gasteiger partial charge in [-0.3, -0.25) is 0 Å². The van der Waals surface area contributed by atoms with Gasteiger partial charge in [0.05, 0.1) is 61.5 Å². The van der Waals surface area contributed by atoms with Crippen LogP contribution >= 0.6 is 0 Å². The number of carbonyl (C=O) groups excluding carboxylic acids is 1. The van der Waals surface area contributed by atoms with Crippen LogP contribution in [0.25, 0.3) is 0 Å². The molecule has 0 fully saturated rings. The van der Waals surface area contributed by atoms with E-state index in [0.29, 0.717) is 0 Å². The maximum Gasteiger partial charge on any atom is 0.101 e. The van der Waals surface area contributed by atoms with E-state index in [-0.39, 0.29) is 31.2 Å². The fourth-order valence-corrected chi connectivity index (χ4v) is 0.600. The summed E-state index contributed by atoms with van der Waals surface area (Å²) in [5.41, 5.74) is 0.0648. The number of carboxylic acid groups (broad SMARTS) is 1. The molecule has 6 nitrogen and oxygen atoms in total. The van der Waals surface area contributed by atoms with E-state index in [1.54, 1.807) is 0 Å². The number of carboxylic acids is 1. The maximum atomic E-state index is 9.49. The first kappa shape index (κ1) is 28.5. The van der Waals surface area contributed by atoms with Crippen LogP contribution in [0.3, 0.4) is 0 Å². The molecule has 21 heavy (non-hydrogen) atoms. The second-order valence-corrected chi connectivity index (χ2v) is 6.54. The highest BCUT2D eigenvalue weighted by Crippen LogP contribution is 1.85. The van der Waals surface area contributed by atoms with E-state index in [4.69, 9.17) is 10.2 Å². The largest absolute Gasteiger partial charge is 1.00 e. The lowest BCUT2D eigenvalue weighted by atomic mass is 10.4. The van der Waals surface area contributed by atoms with Gasteiger partial charge < -0.3 is 41.5 Å². The van der Waals surface area contributed by atoms with E-state index in [0.717, 1.165) is 22.1 Å². The van der Waals surface area contributed by atoms with Crippen molar-refractivity contribution < 1.29 is 41.5 Å². The molecule has 0 saturated carbocycles. The molecular formula is C14H33ClN2O4. The zero-order valence-corrected chi connectivity index (χ0v) is 15.3. The fourth-order valence-electron chi connectivity index (χ4n) is 0.600. The first-order valence-corrected chi connectivity index (χ1v) is 6.46. The number of nitrogens with zero attached hydrogens (tertiary/aromatic N) is 2. The van der Waals surface area contributed by atoms with Gasteiger partial charge in [-0.1, -0.05) is 6.58 Å². The summed E-state index contributed by atoms with van der Waals surface area (Å²) in [6.45, 7) is 6.71. The van der Waals surface area contributed by atoms with E-state index in [1.807, 2.05) is 0 Å². The number of carbonyl (C=O) groups is 1. The predicted octanol–water partition coefficient (Wildman–Crippen LogP) is -4.31. The zero-order chi connectivity index (χ0) is 17.0. The lowest BCUT2D eigenvalue weighted by Gasteiger charge is -2.21. The van der Waals surface area contributed by atoms with Crippen molar-refractivity contribution in [3.8, 4) is 0 Å². The van der Waals surface area contributed by atoms with Crippen LogP contribution in [0, 0.1) is 0 Å². The zero-order valence-electron chi connectivity index (χ0n) is 14.5. The average molecular weight is 329 g/mol. The molecule has 0 aliphatic heterocycles.